The van der Waals surface area contributed by atoms with Crippen LogP contribution in [0.1, 0.15) is 11.1 Å². The van der Waals surface area contributed by atoms with Crippen molar-refractivity contribution in [3.05, 3.63) is 96.1 Å². The highest BCUT2D eigenvalue weighted by atomic mass is 16.5. The third-order valence-electron chi connectivity index (χ3n) is 4.27. The van der Waals surface area contributed by atoms with Gasteiger partial charge in [-0.3, -0.25) is 0 Å². The Morgan fingerprint density at radius 1 is 0.500 bits per heavy atom. The highest BCUT2D eigenvalue weighted by Crippen LogP contribution is 2.26. The van der Waals surface area contributed by atoms with Crippen molar-refractivity contribution in [3.63, 3.8) is 0 Å². The van der Waals surface area contributed by atoms with Crippen LogP contribution in [0, 0.1) is 0 Å². The zero-order chi connectivity index (χ0) is 19.3. The molecule has 0 aliphatic rings. The second-order valence-electron chi connectivity index (χ2n) is 6.47. The minimum Gasteiger partial charge on any atom is -0.488 e. The largest absolute Gasteiger partial charge is 0.488 e. The second-order valence-corrected chi connectivity index (χ2v) is 6.47. The summed E-state index contributed by atoms with van der Waals surface area (Å²) in [5.41, 5.74) is 2.54. The van der Waals surface area contributed by atoms with E-state index < -0.39 is 0 Å². The van der Waals surface area contributed by atoms with E-state index in [4.69, 9.17) is 9.47 Å². The smallest absolute Gasteiger partial charge is 0.161 e. The third kappa shape index (κ3) is 7.06. The van der Waals surface area contributed by atoms with E-state index in [-0.39, 0.29) is 0 Å². The molecule has 146 valence electrons. The first-order valence-corrected chi connectivity index (χ1v) is 9.76. The van der Waals surface area contributed by atoms with Gasteiger partial charge >= 0.3 is 0 Å². The van der Waals surface area contributed by atoms with Crippen LogP contribution in [0.2, 0.25) is 0 Å². The molecule has 0 aromatic heterocycles. The molecule has 0 fully saturated rings. The van der Waals surface area contributed by atoms with E-state index in [1.54, 1.807) is 0 Å². The maximum atomic E-state index is 5.89. The van der Waals surface area contributed by atoms with Crippen LogP contribution in [-0.2, 0) is 13.1 Å². The molecular weight excluding hydrogens is 348 g/mol. The van der Waals surface area contributed by atoms with Gasteiger partial charge in [0, 0.05) is 26.2 Å². The number of hydrogen-bond donors (Lipinski definition) is 2. The average molecular weight is 377 g/mol. The maximum Gasteiger partial charge on any atom is 0.161 e. The van der Waals surface area contributed by atoms with Gasteiger partial charge in [-0.2, -0.15) is 0 Å². The Morgan fingerprint density at radius 2 is 0.893 bits per heavy atom. The molecule has 0 heterocycles. The molecule has 0 unspecified atom stereocenters. The van der Waals surface area contributed by atoms with Crippen LogP contribution in [0.3, 0.4) is 0 Å². The molecule has 0 saturated carbocycles. The lowest BCUT2D eigenvalue weighted by atomic mass is 10.2. The van der Waals surface area contributed by atoms with E-state index in [2.05, 4.69) is 59.2 Å². The minimum absolute atomic E-state index is 0.597. The number of para-hydroxylation sites is 2. The number of hydrogen-bond acceptors (Lipinski definition) is 4. The SMILES string of the molecule is c1ccc(CNCCOc2ccccc2OCCNCc2ccccc2)cc1. The van der Waals surface area contributed by atoms with Crippen molar-refractivity contribution in [1.29, 1.82) is 0 Å². The van der Waals surface area contributed by atoms with Crippen LogP contribution in [0.25, 0.3) is 0 Å². The topological polar surface area (TPSA) is 42.5 Å². The van der Waals surface area contributed by atoms with Crippen molar-refractivity contribution >= 4 is 0 Å². The normalized spacial score (nSPS) is 10.6. The molecule has 28 heavy (non-hydrogen) atoms. The Hall–Kier alpha value is -2.82. The first-order chi connectivity index (χ1) is 13.9. The molecule has 0 saturated heterocycles. The summed E-state index contributed by atoms with van der Waals surface area (Å²) >= 11 is 0. The van der Waals surface area contributed by atoms with Crippen LogP contribution < -0.4 is 20.1 Å². The Balaban J connectivity index is 1.33. The zero-order valence-corrected chi connectivity index (χ0v) is 16.1. The lowest BCUT2D eigenvalue weighted by Crippen LogP contribution is -2.21. The molecule has 0 radical (unpaired) electrons. The van der Waals surface area contributed by atoms with Crippen molar-refractivity contribution in [2.75, 3.05) is 26.3 Å². The van der Waals surface area contributed by atoms with Gasteiger partial charge in [-0.1, -0.05) is 72.8 Å². The van der Waals surface area contributed by atoms with Gasteiger partial charge < -0.3 is 20.1 Å². The Morgan fingerprint density at radius 3 is 1.32 bits per heavy atom. The number of benzene rings is 3. The second kappa shape index (κ2) is 11.8. The minimum atomic E-state index is 0.597. The maximum absolute atomic E-state index is 5.89. The summed E-state index contributed by atoms with van der Waals surface area (Å²) in [5, 5.41) is 6.78. The number of ether oxygens (including phenoxy) is 2. The molecule has 3 rings (SSSR count). The Labute approximate surface area is 167 Å². The number of rotatable bonds is 12. The van der Waals surface area contributed by atoms with Crippen molar-refractivity contribution in [2.24, 2.45) is 0 Å². The van der Waals surface area contributed by atoms with E-state index >= 15 is 0 Å². The summed E-state index contributed by atoms with van der Waals surface area (Å²) in [5.74, 6) is 1.57. The molecule has 4 heteroatoms. The predicted molar refractivity (Wildman–Crippen MR) is 114 cm³/mol. The molecule has 3 aromatic carbocycles. The van der Waals surface area contributed by atoms with Crippen molar-refractivity contribution in [2.45, 2.75) is 13.1 Å². The highest BCUT2D eigenvalue weighted by Gasteiger charge is 2.04. The Bertz CT molecular complexity index is 725. The van der Waals surface area contributed by atoms with Crippen LogP contribution in [0.15, 0.2) is 84.9 Å². The van der Waals surface area contributed by atoms with Gasteiger partial charge in [0.25, 0.3) is 0 Å². The van der Waals surface area contributed by atoms with Crippen LogP contribution >= 0.6 is 0 Å². The number of nitrogens with one attached hydrogen (secondary N) is 2. The molecule has 0 spiro atoms. The van der Waals surface area contributed by atoms with E-state index in [0.29, 0.717) is 13.2 Å². The van der Waals surface area contributed by atoms with E-state index in [9.17, 15) is 0 Å². The molecule has 0 aliphatic carbocycles. The lowest BCUT2D eigenvalue weighted by molar-refractivity contribution is 0.266. The molecular formula is C24H28N2O2. The average Bonchev–Trinajstić information content (AvgIpc) is 2.76. The molecule has 0 amide bonds. The summed E-state index contributed by atoms with van der Waals surface area (Å²) in [7, 11) is 0. The molecule has 3 aromatic rings. The van der Waals surface area contributed by atoms with Gasteiger partial charge in [0.2, 0.25) is 0 Å². The van der Waals surface area contributed by atoms with Gasteiger partial charge in [0.05, 0.1) is 0 Å². The van der Waals surface area contributed by atoms with Crippen LogP contribution in [-0.4, -0.2) is 26.3 Å². The highest BCUT2D eigenvalue weighted by molar-refractivity contribution is 5.39. The fourth-order valence-electron chi connectivity index (χ4n) is 2.81. The molecule has 0 aliphatic heterocycles. The first-order valence-electron chi connectivity index (χ1n) is 9.76. The predicted octanol–water partition coefficient (Wildman–Crippen LogP) is 4.02. The molecule has 2 N–H and O–H groups in total. The summed E-state index contributed by atoms with van der Waals surface area (Å²) in [6.07, 6.45) is 0. The summed E-state index contributed by atoms with van der Waals surface area (Å²) < 4.78 is 11.8. The van der Waals surface area contributed by atoms with Crippen LogP contribution in [0.4, 0.5) is 0 Å². The fraction of sp³-hybridized carbons (Fsp3) is 0.250. The zero-order valence-electron chi connectivity index (χ0n) is 16.1. The van der Waals surface area contributed by atoms with Gasteiger partial charge in [-0.05, 0) is 23.3 Å². The standard InChI is InChI=1S/C24H28N2O2/c1-3-9-21(10-4-1)19-25-15-17-27-23-13-7-8-14-24(23)28-18-16-26-20-22-11-5-2-6-12-22/h1-14,25-26H,15-20H2. The molecule has 4 nitrogen and oxygen atoms in total. The third-order valence-corrected chi connectivity index (χ3v) is 4.27. The first kappa shape index (κ1) is 19.9. The van der Waals surface area contributed by atoms with Gasteiger partial charge in [-0.15, -0.1) is 0 Å². The summed E-state index contributed by atoms with van der Waals surface area (Å²) in [4.78, 5) is 0. The van der Waals surface area contributed by atoms with E-state index in [1.165, 1.54) is 11.1 Å². The van der Waals surface area contributed by atoms with Crippen LogP contribution in [0.5, 0.6) is 11.5 Å². The summed E-state index contributed by atoms with van der Waals surface area (Å²) in [6.45, 7) is 4.44. The Kier molecular flexibility index (Phi) is 8.40. The summed E-state index contributed by atoms with van der Waals surface area (Å²) in [6, 6.07) is 28.5. The van der Waals surface area contributed by atoms with E-state index in [0.717, 1.165) is 37.7 Å². The van der Waals surface area contributed by atoms with Crippen molar-refractivity contribution < 1.29 is 9.47 Å². The van der Waals surface area contributed by atoms with Gasteiger partial charge in [0.1, 0.15) is 13.2 Å². The van der Waals surface area contributed by atoms with Crippen molar-refractivity contribution in [3.8, 4) is 11.5 Å². The monoisotopic (exact) mass is 376 g/mol. The van der Waals surface area contributed by atoms with Crippen molar-refractivity contribution in [1.82, 2.24) is 10.6 Å². The molecule has 0 bridgehead atoms. The van der Waals surface area contributed by atoms with Gasteiger partial charge in [-0.25, -0.2) is 0 Å². The van der Waals surface area contributed by atoms with Gasteiger partial charge in [0.15, 0.2) is 11.5 Å². The fourth-order valence-corrected chi connectivity index (χ4v) is 2.81. The quantitative estimate of drug-likeness (QED) is 0.469. The molecule has 0 atom stereocenters. The van der Waals surface area contributed by atoms with E-state index in [1.807, 2.05) is 36.4 Å². The lowest BCUT2D eigenvalue weighted by Gasteiger charge is -2.13.